The Hall–Kier alpha value is -1.56. The molecule has 1 unspecified atom stereocenters. The molecule has 2 radical (unpaired) electrons. The molecule has 1 aromatic carbocycles. The Morgan fingerprint density at radius 2 is 2.07 bits per heavy atom. The fraction of sp³-hybridized carbons (Fsp3) is 0.133. The van der Waals surface area contributed by atoms with Crippen molar-refractivity contribution >= 4 is 6.08 Å². The van der Waals surface area contributed by atoms with Gasteiger partial charge in [0.05, 0.1) is 0 Å². The summed E-state index contributed by atoms with van der Waals surface area (Å²) in [4.78, 5) is 0. The Kier molecular flexibility index (Phi) is 2.06. The molecule has 0 heterocycles. The first kappa shape index (κ1) is 8.72. The highest BCUT2D eigenvalue weighted by atomic mass is 14.2. The normalized spacial score (nSPS) is 22.7. The van der Waals surface area contributed by atoms with E-state index in [9.17, 15) is 0 Å². The number of benzene rings is 1. The lowest BCUT2D eigenvalue weighted by atomic mass is 9.91. The SMILES string of the molecule is [C]1Cc2ccccc2C=C2C=CC=CC12. The van der Waals surface area contributed by atoms with Crippen molar-refractivity contribution in [2.45, 2.75) is 6.42 Å². The van der Waals surface area contributed by atoms with E-state index in [1.165, 1.54) is 16.7 Å². The van der Waals surface area contributed by atoms with Crippen molar-refractivity contribution < 1.29 is 0 Å². The summed E-state index contributed by atoms with van der Waals surface area (Å²) in [6.07, 6.45) is 15.3. The molecule has 0 saturated heterocycles. The molecule has 0 saturated carbocycles. The molecule has 72 valence electrons. The third-order valence-corrected chi connectivity index (χ3v) is 2.95. The molecule has 0 fully saturated rings. The minimum absolute atomic E-state index is 0.377. The molecule has 2 aliphatic rings. The molecule has 0 aliphatic heterocycles. The molecule has 0 bridgehead atoms. The molecule has 0 amide bonds. The zero-order chi connectivity index (χ0) is 10.1. The molecule has 0 spiro atoms. The number of hydrogen-bond acceptors (Lipinski definition) is 0. The molecule has 0 nitrogen and oxygen atoms in total. The van der Waals surface area contributed by atoms with Gasteiger partial charge in [-0.05, 0) is 29.5 Å². The molecule has 0 heteroatoms. The monoisotopic (exact) mass is 192 g/mol. The molecular formula is C15H12. The zero-order valence-corrected chi connectivity index (χ0v) is 8.48. The maximum Gasteiger partial charge on any atom is 0.00929 e. The largest absolute Gasteiger partial charge is 0.0764 e. The van der Waals surface area contributed by atoms with Crippen LogP contribution in [0.15, 0.2) is 54.1 Å². The lowest BCUT2D eigenvalue weighted by molar-refractivity contribution is 0.870. The van der Waals surface area contributed by atoms with Gasteiger partial charge in [0.2, 0.25) is 0 Å². The predicted octanol–water partition coefficient (Wildman–Crippen LogP) is 3.45. The Morgan fingerprint density at radius 1 is 1.13 bits per heavy atom. The highest BCUT2D eigenvalue weighted by Crippen LogP contribution is 2.30. The van der Waals surface area contributed by atoms with Crippen molar-refractivity contribution in [2.75, 3.05) is 0 Å². The fourth-order valence-electron chi connectivity index (χ4n) is 2.12. The number of allylic oxidation sites excluding steroid dienone is 5. The van der Waals surface area contributed by atoms with Gasteiger partial charge in [-0.3, -0.25) is 0 Å². The predicted molar refractivity (Wildman–Crippen MR) is 63.1 cm³/mol. The second-order valence-electron chi connectivity index (χ2n) is 3.95. The van der Waals surface area contributed by atoms with Crippen LogP contribution in [0.5, 0.6) is 0 Å². The van der Waals surface area contributed by atoms with E-state index in [0.29, 0.717) is 5.92 Å². The van der Waals surface area contributed by atoms with Crippen LogP contribution in [0.25, 0.3) is 6.08 Å². The first-order chi connectivity index (χ1) is 7.43. The number of hydrogen-bond donors (Lipinski definition) is 0. The third-order valence-electron chi connectivity index (χ3n) is 2.95. The van der Waals surface area contributed by atoms with Gasteiger partial charge in [0.1, 0.15) is 0 Å². The maximum atomic E-state index is 3.53. The maximum absolute atomic E-state index is 3.53. The van der Waals surface area contributed by atoms with Gasteiger partial charge in [-0.1, -0.05) is 54.6 Å². The summed E-state index contributed by atoms with van der Waals surface area (Å²) in [5.41, 5.74) is 4.06. The summed E-state index contributed by atoms with van der Waals surface area (Å²) in [6.45, 7) is 0. The molecule has 15 heavy (non-hydrogen) atoms. The zero-order valence-electron chi connectivity index (χ0n) is 8.48. The molecule has 2 aliphatic carbocycles. The fourth-order valence-corrected chi connectivity index (χ4v) is 2.12. The molecule has 0 N–H and O–H groups in total. The van der Waals surface area contributed by atoms with Crippen LogP contribution >= 0.6 is 0 Å². The van der Waals surface area contributed by atoms with Gasteiger partial charge >= 0.3 is 0 Å². The number of rotatable bonds is 0. The van der Waals surface area contributed by atoms with Crippen LogP contribution < -0.4 is 0 Å². The summed E-state index contributed by atoms with van der Waals surface area (Å²) < 4.78 is 0. The topological polar surface area (TPSA) is 0 Å². The first-order valence-electron chi connectivity index (χ1n) is 5.31. The van der Waals surface area contributed by atoms with Gasteiger partial charge in [0.15, 0.2) is 0 Å². The lowest BCUT2D eigenvalue weighted by Gasteiger charge is -2.13. The lowest BCUT2D eigenvalue weighted by Crippen LogP contribution is -2.02. The van der Waals surface area contributed by atoms with E-state index in [4.69, 9.17) is 0 Å². The van der Waals surface area contributed by atoms with E-state index in [2.05, 4.69) is 61.1 Å². The standard InChI is InChI=1S/C15H12/c1-3-7-14-11-15-8-4-2-6-13(15)10-9-12(14)5-1/h1-8,11,13H,9H2. The van der Waals surface area contributed by atoms with E-state index in [1.807, 2.05) is 0 Å². The summed E-state index contributed by atoms with van der Waals surface area (Å²) >= 11 is 0. The Morgan fingerprint density at radius 3 is 3.07 bits per heavy atom. The van der Waals surface area contributed by atoms with Crippen molar-refractivity contribution in [3.05, 3.63) is 71.7 Å². The van der Waals surface area contributed by atoms with Crippen LogP contribution in [0.2, 0.25) is 0 Å². The van der Waals surface area contributed by atoms with Crippen LogP contribution in [0, 0.1) is 12.3 Å². The molecule has 0 aromatic heterocycles. The average molecular weight is 192 g/mol. The average Bonchev–Trinajstić information content (AvgIpc) is 2.48. The van der Waals surface area contributed by atoms with Crippen LogP contribution in [-0.4, -0.2) is 0 Å². The van der Waals surface area contributed by atoms with Gasteiger partial charge in [-0.2, -0.15) is 0 Å². The second kappa shape index (κ2) is 3.54. The van der Waals surface area contributed by atoms with Crippen LogP contribution in [0.4, 0.5) is 0 Å². The van der Waals surface area contributed by atoms with E-state index in [0.717, 1.165) is 6.42 Å². The molecule has 3 rings (SSSR count). The Labute approximate surface area is 90.6 Å². The summed E-state index contributed by atoms with van der Waals surface area (Å²) in [7, 11) is 0. The van der Waals surface area contributed by atoms with Crippen molar-refractivity contribution in [3.63, 3.8) is 0 Å². The highest BCUT2D eigenvalue weighted by molar-refractivity contribution is 5.63. The molecule has 1 atom stereocenters. The molecule has 1 aromatic rings. The first-order valence-corrected chi connectivity index (χ1v) is 5.31. The van der Waals surface area contributed by atoms with Crippen molar-refractivity contribution in [2.24, 2.45) is 5.92 Å². The summed E-state index contributed by atoms with van der Waals surface area (Å²) in [6, 6.07) is 8.56. The van der Waals surface area contributed by atoms with Crippen molar-refractivity contribution in [3.8, 4) is 0 Å². The van der Waals surface area contributed by atoms with Gasteiger partial charge in [-0.15, -0.1) is 0 Å². The smallest absolute Gasteiger partial charge is 0.00929 e. The Balaban J connectivity index is 2.09. The quantitative estimate of drug-likeness (QED) is 0.590. The summed E-state index contributed by atoms with van der Waals surface area (Å²) in [5.74, 6) is 0.377. The van der Waals surface area contributed by atoms with Crippen LogP contribution in [-0.2, 0) is 6.42 Å². The van der Waals surface area contributed by atoms with Gasteiger partial charge < -0.3 is 0 Å². The minimum atomic E-state index is 0.377. The Bertz CT molecular complexity index is 461. The minimum Gasteiger partial charge on any atom is -0.0764 e. The van der Waals surface area contributed by atoms with Gasteiger partial charge in [-0.25, -0.2) is 0 Å². The van der Waals surface area contributed by atoms with Crippen molar-refractivity contribution in [1.82, 2.24) is 0 Å². The summed E-state index contributed by atoms with van der Waals surface area (Å²) in [5, 5.41) is 0. The van der Waals surface area contributed by atoms with Gasteiger partial charge in [0, 0.05) is 5.92 Å². The highest BCUT2D eigenvalue weighted by Gasteiger charge is 2.16. The van der Waals surface area contributed by atoms with E-state index in [1.54, 1.807) is 0 Å². The second-order valence-corrected chi connectivity index (χ2v) is 3.95. The van der Waals surface area contributed by atoms with Gasteiger partial charge in [0.25, 0.3) is 0 Å². The van der Waals surface area contributed by atoms with E-state index in [-0.39, 0.29) is 0 Å². The van der Waals surface area contributed by atoms with Crippen molar-refractivity contribution in [1.29, 1.82) is 0 Å². The van der Waals surface area contributed by atoms with E-state index < -0.39 is 0 Å². The third kappa shape index (κ3) is 1.56. The van der Waals surface area contributed by atoms with E-state index >= 15 is 0 Å². The number of fused-ring (bicyclic) bond motifs is 2. The van der Waals surface area contributed by atoms with Crippen LogP contribution in [0.1, 0.15) is 11.1 Å². The molecular weight excluding hydrogens is 180 g/mol. The van der Waals surface area contributed by atoms with Crippen LogP contribution in [0.3, 0.4) is 0 Å².